The standard InChI is InChI=1S/C18H23N5O3/c1-18(2)8-10-9-20-17(19-3)21-13(10)15-12(18)14(16(24)25)22-23(15)11-6-4-5-7-26-11/h9,11H,4-8H2,1-3H3,(H,24,25)(H,19,20,21). The molecule has 2 aromatic heterocycles. The fraction of sp³-hybridized carbons (Fsp3) is 0.556. The number of carbonyl (C=O) groups is 1. The Labute approximate surface area is 151 Å². The molecule has 4 rings (SSSR count). The summed E-state index contributed by atoms with van der Waals surface area (Å²) in [5, 5.41) is 17.2. The van der Waals surface area contributed by atoms with E-state index >= 15 is 0 Å². The Morgan fingerprint density at radius 1 is 1.42 bits per heavy atom. The third-order valence-electron chi connectivity index (χ3n) is 5.16. The van der Waals surface area contributed by atoms with E-state index in [1.54, 1.807) is 11.7 Å². The Morgan fingerprint density at radius 2 is 2.23 bits per heavy atom. The first kappa shape index (κ1) is 17.0. The minimum Gasteiger partial charge on any atom is -0.476 e. The second-order valence-corrected chi connectivity index (χ2v) is 7.52. The summed E-state index contributed by atoms with van der Waals surface area (Å²) in [6.07, 6.45) is 5.08. The number of ether oxygens (including phenoxy) is 1. The van der Waals surface area contributed by atoms with Gasteiger partial charge in [0.05, 0.1) is 11.4 Å². The Morgan fingerprint density at radius 3 is 2.88 bits per heavy atom. The fourth-order valence-electron chi connectivity index (χ4n) is 4.00. The minimum atomic E-state index is -1.02. The number of carboxylic acids is 1. The molecule has 0 aromatic carbocycles. The van der Waals surface area contributed by atoms with Crippen LogP contribution in [-0.2, 0) is 16.6 Å². The van der Waals surface area contributed by atoms with Crippen LogP contribution in [-0.4, -0.2) is 44.5 Å². The van der Waals surface area contributed by atoms with E-state index in [1.807, 2.05) is 20.0 Å². The van der Waals surface area contributed by atoms with Gasteiger partial charge in [-0.1, -0.05) is 13.8 Å². The number of hydrogen-bond donors (Lipinski definition) is 2. The van der Waals surface area contributed by atoms with E-state index in [9.17, 15) is 9.90 Å². The number of anilines is 1. The van der Waals surface area contributed by atoms with Crippen molar-refractivity contribution in [3.63, 3.8) is 0 Å². The van der Waals surface area contributed by atoms with E-state index in [0.29, 0.717) is 19.0 Å². The maximum atomic E-state index is 11.9. The van der Waals surface area contributed by atoms with Crippen molar-refractivity contribution in [3.8, 4) is 11.4 Å². The van der Waals surface area contributed by atoms with Crippen molar-refractivity contribution in [2.45, 2.75) is 51.2 Å². The molecule has 2 N–H and O–H groups in total. The normalized spacial score (nSPS) is 21.0. The van der Waals surface area contributed by atoms with Crippen molar-refractivity contribution in [3.05, 3.63) is 23.0 Å². The monoisotopic (exact) mass is 357 g/mol. The van der Waals surface area contributed by atoms with Crippen LogP contribution >= 0.6 is 0 Å². The third-order valence-corrected chi connectivity index (χ3v) is 5.16. The first-order chi connectivity index (χ1) is 12.4. The lowest BCUT2D eigenvalue weighted by Gasteiger charge is -2.33. The SMILES string of the molecule is CNc1ncc2c(n1)-c1c(c(C(=O)O)nn1C1CCCCO1)C(C)(C)C2. The molecule has 0 spiro atoms. The molecule has 138 valence electrons. The van der Waals surface area contributed by atoms with Crippen LogP contribution in [0.15, 0.2) is 6.20 Å². The quantitative estimate of drug-likeness (QED) is 0.870. The first-order valence-corrected chi connectivity index (χ1v) is 8.94. The second kappa shape index (κ2) is 6.05. The van der Waals surface area contributed by atoms with Crippen molar-refractivity contribution in [2.75, 3.05) is 19.0 Å². The van der Waals surface area contributed by atoms with Crippen molar-refractivity contribution in [1.29, 1.82) is 0 Å². The smallest absolute Gasteiger partial charge is 0.356 e. The predicted octanol–water partition coefficient (Wildman–Crippen LogP) is 2.61. The number of nitrogens with zero attached hydrogens (tertiary/aromatic N) is 4. The van der Waals surface area contributed by atoms with Gasteiger partial charge in [0.1, 0.15) is 0 Å². The van der Waals surface area contributed by atoms with E-state index in [-0.39, 0.29) is 17.3 Å². The van der Waals surface area contributed by atoms with Gasteiger partial charge in [0, 0.05) is 25.4 Å². The van der Waals surface area contributed by atoms with Crippen molar-refractivity contribution in [1.82, 2.24) is 19.7 Å². The summed E-state index contributed by atoms with van der Waals surface area (Å²) < 4.78 is 7.65. The lowest BCUT2D eigenvalue weighted by atomic mass is 9.73. The second-order valence-electron chi connectivity index (χ2n) is 7.52. The molecular formula is C18H23N5O3. The Balaban J connectivity index is 2.00. The van der Waals surface area contributed by atoms with E-state index in [1.165, 1.54) is 0 Å². The molecule has 3 heterocycles. The molecule has 0 amide bonds. The number of nitrogens with one attached hydrogen (secondary N) is 1. The Hall–Kier alpha value is -2.48. The highest BCUT2D eigenvalue weighted by Gasteiger charge is 2.41. The van der Waals surface area contributed by atoms with Gasteiger partial charge in [0.25, 0.3) is 0 Å². The van der Waals surface area contributed by atoms with Crippen LogP contribution in [0.3, 0.4) is 0 Å². The van der Waals surface area contributed by atoms with Crippen molar-refractivity contribution in [2.24, 2.45) is 0 Å². The average molecular weight is 357 g/mol. The average Bonchev–Trinajstić information content (AvgIpc) is 3.04. The van der Waals surface area contributed by atoms with E-state index in [4.69, 9.17) is 4.74 Å². The molecule has 0 saturated carbocycles. The molecule has 1 unspecified atom stereocenters. The van der Waals surface area contributed by atoms with Crippen LogP contribution in [0.2, 0.25) is 0 Å². The fourth-order valence-corrected chi connectivity index (χ4v) is 4.00. The summed E-state index contributed by atoms with van der Waals surface area (Å²) in [5.41, 5.74) is 2.93. The molecular weight excluding hydrogens is 334 g/mol. The summed E-state index contributed by atoms with van der Waals surface area (Å²) in [7, 11) is 1.76. The van der Waals surface area contributed by atoms with Gasteiger partial charge in [-0.05, 0) is 36.7 Å². The summed E-state index contributed by atoms with van der Waals surface area (Å²) in [6.45, 7) is 4.74. The molecule has 1 saturated heterocycles. The highest BCUT2D eigenvalue weighted by molar-refractivity contribution is 5.91. The molecule has 0 bridgehead atoms. The number of aromatic carboxylic acids is 1. The molecule has 1 atom stereocenters. The van der Waals surface area contributed by atoms with Crippen molar-refractivity contribution >= 4 is 11.9 Å². The van der Waals surface area contributed by atoms with Crippen LogP contribution in [0.1, 0.15) is 61.0 Å². The van der Waals surface area contributed by atoms with Gasteiger partial charge in [0.15, 0.2) is 11.9 Å². The highest BCUT2D eigenvalue weighted by atomic mass is 16.5. The number of aromatic nitrogens is 4. The van der Waals surface area contributed by atoms with Crippen LogP contribution in [0.5, 0.6) is 0 Å². The van der Waals surface area contributed by atoms with Gasteiger partial charge in [-0.3, -0.25) is 0 Å². The molecule has 1 aliphatic heterocycles. The topological polar surface area (TPSA) is 102 Å². The van der Waals surface area contributed by atoms with Gasteiger partial charge in [-0.25, -0.2) is 19.4 Å². The first-order valence-electron chi connectivity index (χ1n) is 8.94. The van der Waals surface area contributed by atoms with Gasteiger partial charge in [-0.2, -0.15) is 5.10 Å². The summed E-state index contributed by atoms with van der Waals surface area (Å²) in [5.74, 6) is -0.515. The highest BCUT2D eigenvalue weighted by Crippen LogP contribution is 2.45. The summed E-state index contributed by atoms with van der Waals surface area (Å²) in [4.78, 5) is 20.9. The van der Waals surface area contributed by atoms with Crippen LogP contribution < -0.4 is 5.32 Å². The zero-order valence-electron chi connectivity index (χ0n) is 15.2. The number of carboxylic acid groups (broad SMARTS) is 1. The third kappa shape index (κ3) is 2.56. The molecule has 2 aliphatic rings. The maximum absolute atomic E-state index is 11.9. The summed E-state index contributed by atoms with van der Waals surface area (Å²) in [6, 6.07) is 0. The lowest BCUT2D eigenvalue weighted by molar-refractivity contribution is -0.0386. The number of hydrogen-bond acceptors (Lipinski definition) is 6. The number of fused-ring (bicyclic) bond motifs is 3. The zero-order chi connectivity index (χ0) is 18.5. The molecule has 0 radical (unpaired) electrons. The largest absolute Gasteiger partial charge is 0.476 e. The van der Waals surface area contributed by atoms with E-state index < -0.39 is 5.97 Å². The van der Waals surface area contributed by atoms with Gasteiger partial charge < -0.3 is 15.2 Å². The number of rotatable bonds is 3. The Bertz CT molecular complexity index is 868. The molecule has 1 fully saturated rings. The summed E-state index contributed by atoms with van der Waals surface area (Å²) >= 11 is 0. The molecule has 26 heavy (non-hydrogen) atoms. The van der Waals surface area contributed by atoms with Crippen LogP contribution in [0, 0.1) is 0 Å². The van der Waals surface area contributed by atoms with Crippen molar-refractivity contribution < 1.29 is 14.6 Å². The minimum absolute atomic E-state index is 0.0921. The van der Waals surface area contributed by atoms with Gasteiger partial charge >= 0.3 is 5.97 Å². The molecule has 8 nitrogen and oxygen atoms in total. The maximum Gasteiger partial charge on any atom is 0.356 e. The Kier molecular flexibility index (Phi) is 3.95. The van der Waals surface area contributed by atoms with E-state index in [0.717, 1.165) is 41.8 Å². The van der Waals surface area contributed by atoms with Crippen LogP contribution in [0.25, 0.3) is 11.4 Å². The van der Waals surface area contributed by atoms with Crippen LogP contribution in [0.4, 0.5) is 5.95 Å². The van der Waals surface area contributed by atoms with Gasteiger partial charge in [-0.15, -0.1) is 0 Å². The lowest BCUT2D eigenvalue weighted by Crippen LogP contribution is -2.29. The predicted molar refractivity (Wildman–Crippen MR) is 95.3 cm³/mol. The molecule has 1 aliphatic carbocycles. The molecule has 8 heteroatoms. The molecule has 2 aromatic rings. The zero-order valence-corrected chi connectivity index (χ0v) is 15.2. The van der Waals surface area contributed by atoms with Gasteiger partial charge in [0.2, 0.25) is 5.95 Å². The van der Waals surface area contributed by atoms with E-state index in [2.05, 4.69) is 20.4 Å².